The van der Waals surface area contributed by atoms with Gasteiger partial charge in [-0.3, -0.25) is 9.59 Å². The van der Waals surface area contributed by atoms with E-state index in [-0.39, 0.29) is 17.7 Å². The van der Waals surface area contributed by atoms with Gasteiger partial charge in [0, 0.05) is 18.2 Å². The smallest absolute Gasteiger partial charge is 0.306 e. The Kier molecular flexibility index (Phi) is 3.95. The molecule has 1 aliphatic heterocycles. The van der Waals surface area contributed by atoms with Gasteiger partial charge in [0.25, 0.3) is 0 Å². The number of carboxylic acid groups (broad SMARTS) is 1. The molecule has 1 amide bonds. The van der Waals surface area contributed by atoms with Crippen LogP contribution in [-0.2, 0) is 16.0 Å². The number of rotatable bonds is 2. The number of benzene rings is 1. The average molecular weight is 287 g/mol. The Morgan fingerprint density at radius 1 is 1.10 bits per heavy atom. The summed E-state index contributed by atoms with van der Waals surface area (Å²) in [5.41, 5.74) is 2.26. The minimum atomic E-state index is -0.762. The van der Waals surface area contributed by atoms with Crippen LogP contribution < -0.4 is 4.90 Å². The van der Waals surface area contributed by atoms with E-state index in [2.05, 4.69) is 6.07 Å². The van der Waals surface area contributed by atoms with Gasteiger partial charge in [0.2, 0.25) is 5.91 Å². The summed E-state index contributed by atoms with van der Waals surface area (Å²) >= 11 is 0. The zero-order chi connectivity index (χ0) is 14.8. The van der Waals surface area contributed by atoms with Gasteiger partial charge in [0.15, 0.2) is 0 Å². The molecule has 0 aromatic heterocycles. The molecule has 1 aromatic rings. The maximum absolute atomic E-state index is 12.8. The van der Waals surface area contributed by atoms with Crippen molar-refractivity contribution in [3.05, 3.63) is 29.8 Å². The number of carbonyl (C=O) groups is 2. The topological polar surface area (TPSA) is 57.6 Å². The SMILES string of the molecule is O=C(O)[C@@H]1CC[C@H](C(=O)N2CCCCc3ccccc32)C1. The first-order valence-corrected chi connectivity index (χ1v) is 7.79. The summed E-state index contributed by atoms with van der Waals surface area (Å²) in [5.74, 6) is -1.12. The van der Waals surface area contributed by atoms with Crippen molar-refractivity contribution in [2.45, 2.75) is 38.5 Å². The largest absolute Gasteiger partial charge is 0.481 e. The first-order valence-electron chi connectivity index (χ1n) is 7.79. The van der Waals surface area contributed by atoms with Gasteiger partial charge >= 0.3 is 5.97 Å². The summed E-state index contributed by atoms with van der Waals surface area (Å²) in [4.78, 5) is 25.8. The van der Waals surface area contributed by atoms with Gasteiger partial charge in [0.05, 0.1) is 5.92 Å². The number of hydrogen-bond acceptors (Lipinski definition) is 2. The summed E-state index contributed by atoms with van der Waals surface area (Å²) in [7, 11) is 0. The van der Waals surface area contributed by atoms with Crippen LogP contribution in [0.3, 0.4) is 0 Å². The van der Waals surface area contributed by atoms with Gasteiger partial charge in [-0.1, -0.05) is 18.2 Å². The number of amides is 1. The van der Waals surface area contributed by atoms with Crippen LogP contribution in [0, 0.1) is 11.8 Å². The molecule has 1 aromatic carbocycles. The zero-order valence-corrected chi connectivity index (χ0v) is 12.1. The first-order chi connectivity index (χ1) is 10.2. The fraction of sp³-hybridized carbons (Fsp3) is 0.529. The van der Waals surface area contributed by atoms with Gasteiger partial charge in [0.1, 0.15) is 0 Å². The first kappa shape index (κ1) is 14.1. The third-order valence-corrected chi connectivity index (χ3v) is 4.76. The van der Waals surface area contributed by atoms with E-state index in [1.165, 1.54) is 5.56 Å². The lowest BCUT2D eigenvalue weighted by molar-refractivity contribution is -0.141. The highest BCUT2D eigenvalue weighted by molar-refractivity contribution is 5.96. The van der Waals surface area contributed by atoms with Crippen LogP contribution in [0.1, 0.15) is 37.7 Å². The van der Waals surface area contributed by atoms with E-state index >= 15 is 0 Å². The number of hydrogen-bond donors (Lipinski definition) is 1. The van der Waals surface area contributed by atoms with Crippen LogP contribution in [0.25, 0.3) is 0 Å². The lowest BCUT2D eigenvalue weighted by atomic mass is 10.0. The molecule has 0 radical (unpaired) electrons. The van der Waals surface area contributed by atoms with Gasteiger partial charge in [-0.2, -0.15) is 0 Å². The molecule has 0 saturated heterocycles. The van der Waals surface area contributed by atoms with Crippen molar-refractivity contribution < 1.29 is 14.7 Å². The number of nitrogens with zero attached hydrogens (tertiary/aromatic N) is 1. The lowest BCUT2D eigenvalue weighted by Crippen LogP contribution is -2.36. The van der Waals surface area contributed by atoms with Crippen molar-refractivity contribution >= 4 is 17.6 Å². The Bertz CT molecular complexity index is 555. The third-order valence-electron chi connectivity index (χ3n) is 4.76. The second kappa shape index (κ2) is 5.88. The molecule has 0 spiro atoms. The van der Waals surface area contributed by atoms with Crippen LogP contribution in [0.4, 0.5) is 5.69 Å². The van der Waals surface area contributed by atoms with Crippen LogP contribution >= 0.6 is 0 Å². The number of fused-ring (bicyclic) bond motifs is 1. The number of aryl methyl sites for hydroxylation is 1. The van der Waals surface area contributed by atoms with Gasteiger partial charge < -0.3 is 10.0 Å². The number of carboxylic acids is 1. The highest BCUT2D eigenvalue weighted by Crippen LogP contribution is 2.35. The fourth-order valence-corrected chi connectivity index (χ4v) is 3.57. The Labute approximate surface area is 124 Å². The van der Waals surface area contributed by atoms with Crippen LogP contribution in [-0.4, -0.2) is 23.5 Å². The molecule has 1 saturated carbocycles. The number of carbonyl (C=O) groups excluding carboxylic acids is 1. The quantitative estimate of drug-likeness (QED) is 0.910. The molecular formula is C17H21NO3. The fourth-order valence-electron chi connectivity index (χ4n) is 3.57. The summed E-state index contributed by atoms with van der Waals surface area (Å²) in [6, 6.07) is 8.10. The van der Waals surface area contributed by atoms with Crippen LogP contribution in [0.15, 0.2) is 24.3 Å². The molecule has 21 heavy (non-hydrogen) atoms. The minimum absolute atomic E-state index is 0.119. The number of anilines is 1. The van der Waals surface area contributed by atoms with E-state index in [0.29, 0.717) is 19.3 Å². The normalized spacial score (nSPS) is 25.2. The highest BCUT2D eigenvalue weighted by atomic mass is 16.4. The Morgan fingerprint density at radius 2 is 1.86 bits per heavy atom. The molecule has 1 heterocycles. The van der Waals surface area contributed by atoms with E-state index in [0.717, 1.165) is 31.5 Å². The Hall–Kier alpha value is -1.84. The Balaban J connectivity index is 1.80. The molecule has 2 aliphatic rings. The highest BCUT2D eigenvalue weighted by Gasteiger charge is 2.36. The van der Waals surface area contributed by atoms with Crippen molar-refractivity contribution in [3.63, 3.8) is 0 Å². The molecule has 0 unspecified atom stereocenters. The van der Waals surface area contributed by atoms with E-state index in [4.69, 9.17) is 5.11 Å². The van der Waals surface area contributed by atoms with Crippen LogP contribution in [0.2, 0.25) is 0 Å². The maximum atomic E-state index is 12.8. The predicted octanol–water partition coefficient (Wildman–Crippen LogP) is 2.86. The van der Waals surface area contributed by atoms with Crippen molar-refractivity contribution in [2.24, 2.45) is 11.8 Å². The molecule has 0 bridgehead atoms. The lowest BCUT2D eigenvalue weighted by Gasteiger charge is -2.26. The number of aliphatic carboxylic acids is 1. The summed E-state index contributed by atoms with van der Waals surface area (Å²) in [6.07, 6.45) is 4.95. The third kappa shape index (κ3) is 2.80. The molecule has 2 atom stereocenters. The predicted molar refractivity (Wildman–Crippen MR) is 80.2 cm³/mol. The van der Waals surface area contributed by atoms with E-state index in [9.17, 15) is 9.59 Å². The van der Waals surface area contributed by atoms with E-state index < -0.39 is 5.97 Å². The summed E-state index contributed by atoms with van der Waals surface area (Å²) in [6.45, 7) is 0.754. The summed E-state index contributed by atoms with van der Waals surface area (Å²) < 4.78 is 0. The van der Waals surface area contributed by atoms with Gasteiger partial charge in [-0.05, 0) is 50.2 Å². The maximum Gasteiger partial charge on any atom is 0.306 e. The summed E-state index contributed by atoms with van der Waals surface area (Å²) in [5, 5.41) is 9.10. The average Bonchev–Trinajstić information content (AvgIpc) is 2.88. The van der Waals surface area contributed by atoms with Crippen molar-refractivity contribution in [1.29, 1.82) is 0 Å². The van der Waals surface area contributed by atoms with Crippen molar-refractivity contribution in [3.8, 4) is 0 Å². The van der Waals surface area contributed by atoms with E-state index in [1.54, 1.807) is 0 Å². The molecule has 1 aliphatic carbocycles. The van der Waals surface area contributed by atoms with Gasteiger partial charge in [-0.25, -0.2) is 0 Å². The molecule has 1 fully saturated rings. The minimum Gasteiger partial charge on any atom is -0.481 e. The van der Waals surface area contributed by atoms with E-state index in [1.807, 2.05) is 23.1 Å². The second-order valence-electron chi connectivity index (χ2n) is 6.12. The molecule has 112 valence electrons. The molecule has 4 heteroatoms. The molecule has 4 nitrogen and oxygen atoms in total. The van der Waals surface area contributed by atoms with Crippen LogP contribution in [0.5, 0.6) is 0 Å². The Morgan fingerprint density at radius 3 is 2.62 bits per heavy atom. The molecule has 1 N–H and O–H groups in total. The monoisotopic (exact) mass is 287 g/mol. The number of para-hydroxylation sites is 1. The zero-order valence-electron chi connectivity index (χ0n) is 12.1. The standard InChI is InChI=1S/C17H21NO3/c19-16(13-8-9-14(11-13)17(20)21)18-10-4-3-6-12-5-1-2-7-15(12)18/h1-2,5,7,13-14H,3-4,6,8-11H2,(H,20,21)/t13-,14+/m0/s1. The molecule has 3 rings (SSSR count). The van der Waals surface area contributed by atoms with Crippen molar-refractivity contribution in [2.75, 3.05) is 11.4 Å². The molecular weight excluding hydrogens is 266 g/mol. The second-order valence-corrected chi connectivity index (χ2v) is 6.12. The van der Waals surface area contributed by atoms with Crippen molar-refractivity contribution in [1.82, 2.24) is 0 Å². The van der Waals surface area contributed by atoms with Gasteiger partial charge in [-0.15, -0.1) is 0 Å².